The molecule has 4 heteroatoms. The summed E-state index contributed by atoms with van der Waals surface area (Å²) in [6.07, 6.45) is 2.04. The number of phenolic OH excluding ortho intramolecular Hbond substituents is 1. The minimum atomic E-state index is -0.0588. The second-order valence-electron chi connectivity index (χ2n) is 5.39. The number of carbonyl (C=O) groups excluding carboxylic acids is 1. The maximum Gasteiger partial charge on any atom is 0.257 e. The van der Waals surface area contributed by atoms with Gasteiger partial charge in [0.15, 0.2) is 0 Å². The molecule has 0 aliphatic carbocycles. The van der Waals surface area contributed by atoms with E-state index in [2.05, 4.69) is 19.2 Å². The van der Waals surface area contributed by atoms with Crippen molar-refractivity contribution in [1.29, 1.82) is 0 Å². The maximum atomic E-state index is 12.5. The number of benzene rings is 1. The fourth-order valence-electron chi connectivity index (χ4n) is 2.99. The first kappa shape index (κ1) is 14.9. The number of carbonyl (C=O) groups is 1. The fourth-order valence-corrected chi connectivity index (χ4v) is 2.99. The predicted molar refractivity (Wildman–Crippen MR) is 79.9 cm³/mol. The molecule has 1 fully saturated rings. The minimum Gasteiger partial charge on any atom is -0.507 e. The number of rotatable bonds is 4. The average molecular weight is 276 g/mol. The fraction of sp³-hybridized carbons (Fsp3) is 0.562. The van der Waals surface area contributed by atoms with Gasteiger partial charge in [0, 0.05) is 19.1 Å². The predicted octanol–water partition coefficient (Wildman–Crippen LogP) is 2.24. The van der Waals surface area contributed by atoms with Crippen LogP contribution in [0.25, 0.3) is 0 Å². The first-order valence-corrected chi connectivity index (χ1v) is 7.48. The van der Waals surface area contributed by atoms with Gasteiger partial charge in [0.2, 0.25) is 0 Å². The number of nitrogens with one attached hydrogen (secondary N) is 1. The third-order valence-corrected chi connectivity index (χ3v) is 4.15. The Bertz CT molecular complexity index is 462. The van der Waals surface area contributed by atoms with Crippen LogP contribution in [0, 0.1) is 5.92 Å². The lowest BCUT2D eigenvalue weighted by Crippen LogP contribution is -2.50. The Hall–Kier alpha value is -1.55. The van der Waals surface area contributed by atoms with Crippen LogP contribution in [0.15, 0.2) is 24.3 Å². The molecule has 1 aromatic rings. The van der Waals surface area contributed by atoms with E-state index in [-0.39, 0.29) is 11.7 Å². The number of piperidine rings is 1. The van der Waals surface area contributed by atoms with Gasteiger partial charge in [-0.2, -0.15) is 0 Å². The monoisotopic (exact) mass is 276 g/mol. The zero-order valence-electron chi connectivity index (χ0n) is 12.3. The lowest BCUT2D eigenvalue weighted by molar-refractivity contribution is 0.0625. The summed E-state index contributed by atoms with van der Waals surface area (Å²) in [4.78, 5) is 14.4. The van der Waals surface area contributed by atoms with Crippen molar-refractivity contribution in [2.24, 2.45) is 5.92 Å². The van der Waals surface area contributed by atoms with E-state index in [9.17, 15) is 9.90 Å². The van der Waals surface area contributed by atoms with Crippen LogP contribution in [0.5, 0.6) is 5.75 Å². The molecule has 1 aliphatic heterocycles. The zero-order valence-corrected chi connectivity index (χ0v) is 12.3. The Kier molecular flexibility index (Phi) is 5.01. The molecular formula is C16H24N2O2. The molecule has 0 saturated carbocycles. The molecule has 20 heavy (non-hydrogen) atoms. The van der Waals surface area contributed by atoms with Gasteiger partial charge in [-0.15, -0.1) is 0 Å². The van der Waals surface area contributed by atoms with Crippen molar-refractivity contribution in [3.05, 3.63) is 29.8 Å². The third kappa shape index (κ3) is 3.12. The minimum absolute atomic E-state index is 0.0588. The van der Waals surface area contributed by atoms with Gasteiger partial charge in [-0.3, -0.25) is 4.79 Å². The van der Waals surface area contributed by atoms with E-state index in [0.717, 1.165) is 32.5 Å². The van der Waals surface area contributed by atoms with Gasteiger partial charge in [0.05, 0.1) is 5.56 Å². The van der Waals surface area contributed by atoms with Crippen LogP contribution in [0.3, 0.4) is 0 Å². The van der Waals surface area contributed by atoms with Crippen molar-refractivity contribution in [1.82, 2.24) is 10.2 Å². The van der Waals surface area contributed by atoms with Gasteiger partial charge < -0.3 is 15.3 Å². The van der Waals surface area contributed by atoms with E-state index in [1.54, 1.807) is 24.3 Å². The highest BCUT2D eigenvalue weighted by Gasteiger charge is 2.30. The van der Waals surface area contributed by atoms with E-state index in [4.69, 9.17) is 0 Å². The Balaban J connectivity index is 2.07. The van der Waals surface area contributed by atoms with Gasteiger partial charge in [0.25, 0.3) is 5.91 Å². The average Bonchev–Trinajstić information content (AvgIpc) is 2.48. The van der Waals surface area contributed by atoms with E-state index in [1.807, 2.05) is 4.90 Å². The molecule has 4 nitrogen and oxygen atoms in total. The lowest BCUT2D eigenvalue weighted by Gasteiger charge is -2.38. The lowest BCUT2D eigenvalue weighted by atomic mass is 9.89. The standard InChI is InChI=1S/C16H24N2O2/c1-3-12-11-18(10-9-14(12)17-4-2)16(20)13-7-5-6-8-15(13)19/h5-8,12,14,17,19H,3-4,9-11H2,1-2H3. The molecule has 1 heterocycles. The molecule has 0 bridgehead atoms. The Morgan fingerprint density at radius 1 is 1.40 bits per heavy atom. The molecule has 0 spiro atoms. The first-order valence-electron chi connectivity index (χ1n) is 7.48. The number of hydrogen-bond donors (Lipinski definition) is 2. The largest absolute Gasteiger partial charge is 0.507 e. The maximum absolute atomic E-state index is 12.5. The number of hydrogen-bond acceptors (Lipinski definition) is 3. The Morgan fingerprint density at radius 3 is 2.80 bits per heavy atom. The van der Waals surface area contributed by atoms with Crippen LogP contribution in [0.2, 0.25) is 0 Å². The summed E-state index contributed by atoms with van der Waals surface area (Å²) in [6, 6.07) is 7.28. The Morgan fingerprint density at radius 2 is 2.15 bits per heavy atom. The smallest absolute Gasteiger partial charge is 0.257 e. The van der Waals surface area contributed by atoms with Gasteiger partial charge in [0.1, 0.15) is 5.75 Å². The summed E-state index contributed by atoms with van der Waals surface area (Å²) in [5, 5.41) is 13.3. The van der Waals surface area contributed by atoms with Crippen LogP contribution >= 0.6 is 0 Å². The number of phenols is 1. The molecular weight excluding hydrogens is 252 g/mol. The first-order chi connectivity index (χ1) is 9.67. The van der Waals surface area contributed by atoms with Gasteiger partial charge >= 0.3 is 0 Å². The van der Waals surface area contributed by atoms with Crippen molar-refractivity contribution >= 4 is 5.91 Å². The van der Waals surface area contributed by atoms with Crippen molar-refractivity contribution in [3.8, 4) is 5.75 Å². The molecule has 1 aliphatic rings. The number of likely N-dealkylation sites (tertiary alicyclic amines) is 1. The summed E-state index contributed by atoms with van der Waals surface area (Å²) >= 11 is 0. The Labute approximate surface area is 120 Å². The summed E-state index contributed by atoms with van der Waals surface area (Å²) in [7, 11) is 0. The molecule has 2 unspecified atom stereocenters. The van der Waals surface area contributed by atoms with Crippen LogP contribution in [-0.2, 0) is 0 Å². The van der Waals surface area contributed by atoms with E-state index >= 15 is 0 Å². The molecule has 2 rings (SSSR count). The number of nitrogens with zero attached hydrogens (tertiary/aromatic N) is 1. The zero-order chi connectivity index (χ0) is 14.5. The quantitative estimate of drug-likeness (QED) is 0.887. The molecule has 0 radical (unpaired) electrons. The van der Waals surface area contributed by atoms with E-state index in [0.29, 0.717) is 17.5 Å². The second kappa shape index (κ2) is 6.75. The van der Waals surface area contributed by atoms with Crippen molar-refractivity contribution in [2.75, 3.05) is 19.6 Å². The van der Waals surface area contributed by atoms with Gasteiger partial charge in [-0.1, -0.05) is 32.4 Å². The summed E-state index contributed by atoms with van der Waals surface area (Å²) in [5.74, 6) is 0.495. The van der Waals surface area contributed by atoms with Gasteiger partial charge in [-0.25, -0.2) is 0 Å². The summed E-state index contributed by atoms with van der Waals surface area (Å²) in [5.41, 5.74) is 0.407. The highest BCUT2D eigenvalue weighted by atomic mass is 16.3. The molecule has 2 N–H and O–H groups in total. The van der Waals surface area contributed by atoms with Crippen LogP contribution < -0.4 is 5.32 Å². The molecule has 1 amide bonds. The molecule has 2 atom stereocenters. The molecule has 1 aromatic carbocycles. The number of para-hydroxylation sites is 1. The van der Waals surface area contributed by atoms with Gasteiger partial charge in [-0.05, 0) is 31.0 Å². The van der Waals surface area contributed by atoms with Crippen molar-refractivity contribution in [2.45, 2.75) is 32.7 Å². The van der Waals surface area contributed by atoms with Crippen LogP contribution in [0.4, 0.5) is 0 Å². The van der Waals surface area contributed by atoms with E-state index in [1.165, 1.54) is 0 Å². The normalized spacial score (nSPS) is 22.8. The molecule has 0 aromatic heterocycles. The van der Waals surface area contributed by atoms with E-state index < -0.39 is 0 Å². The summed E-state index contributed by atoms with van der Waals surface area (Å²) in [6.45, 7) is 6.77. The van der Waals surface area contributed by atoms with Crippen LogP contribution in [0.1, 0.15) is 37.0 Å². The second-order valence-corrected chi connectivity index (χ2v) is 5.39. The SMILES string of the molecule is CCNC1CCN(C(=O)c2ccccc2O)CC1CC. The van der Waals surface area contributed by atoms with Crippen molar-refractivity contribution < 1.29 is 9.90 Å². The highest BCUT2D eigenvalue weighted by Crippen LogP contribution is 2.24. The van der Waals surface area contributed by atoms with Crippen LogP contribution in [-0.4, -0.2) is 41.6 Å². The number of amides is 1. The topological polar surface area (TPSA) is 52.6 Å². The molecule has 110 valence electrons. The highest BCUT2D eigenvalue weighted by molar-refractivity contribution is 5.96. The van der Waals surface area contributed by atoms with Crippen molar-refractivity contribution in [3.63, 3.8) is 0 Å². The number of aromatic hydroxyl groups is 1. The third-order valence-electron chi connectivity index (χ3n) is 4.15. The summed E-state index contributed by atoms with van der Waals surface area (Å²) < 4.78 is 0. The molecule has 1 saturated heterocycles.